The quantitative estimate of drug-likeness (QED) is 0.453. The molecule has 36 heavy (non-hydrogen) atoms. The van der Waals surface area contributed by atoms with Gasteiger partial charge in [0.1, 0.15) is 11.4 Å². The van der Waals surface area contributed by atoms with Crippen LogP contribution in [0, 0.1) is 6.92 Å². The molecule has 9 nitrogen and oxygen atoms in total. The third kappa shape index (κ3) is 4.86. The Hall–Kier alpha value is -4.40. The van der Waals surface area contributed by atoms with Gasteiger partial charge in [-0.05, 0) is 66.8 Å². The van der Waals surface area contributed by atoms with Gasteiger partial charge in [-0.15, -0.1) is 0 Å². The van der Waals surface area contributed by atoms with Gasteiger partial charge in [0.15, 0.2) is 11.8 Å². The lowest BCUT2D eigenvalue weighted by Crippen LogP contribution is -2.29. The van der Waals surface area contributed by atoms with Crippen molar-refractivity contribution >= 4 is 29.0 Å². The van der Waals surface area contributed by atoms with Gasteiger partial charge in [0.2, 0.25) is 0 Å². The van der Waals surface area contributed by atoms with E-state index in [9.17, 15) is 19.8 Å². The van der Waals surface area contributed by atoms with Crippen LogP contribution in [0.4, 0.5) is 11.4 Å². The summed E-state index contributed by atoms with van der Waals surface area (Å²) < 4.78 is 0. The van der Waals surface area contributed by atoms with Crippen LogP contribution < -0.4 is 5.01 Å². The summed E-state index contributed by atoms with van der Waals surface area (Å²) in [5.74, 6) is -1.73. The van der Waals surface area contributed by atoms with E-state index in [1.54, 1.807) is 38.1 Å². The first-order chi connectivity index (χ1) is 17.0. The number of amides is 1. The van der Waals surface area contributed by atoms with Gasteiger partial charge < -0.3 is 10.2 Å². The van der Waals surface area contributed by atoms with Gasteiger partial charge in [0.25, 0.3) is 5.91 Å². The number of aromatic hydroxyl groups is 1. The Morgan fingerprint density at radius 2 is 1.75 bits per heavy atom. The predicted octanol–water partition coefficient (Wildman–Crippen LogP) is 5.63. The van der Waals surface area contributed by atoms with Gasteiger partial charge in [-0.3, -0.25) is 4.79 Å². The molecule has 0 spiro atoms. The number of hydrogen-bond donors (Lipinski definition) is 2. The molecule has 0 radical (unpaired) electrons. The van der Waals surface area contributed by atoms with Crippen molar-refractivity contribution in [2.45, 2.75) is 46.1 Å². The molecule has 1 aliphatic heterocycles. The molecule has 1 amide bonds. The zero-order valence-corrected chi connectivity index (χ0v) is 20.7. The average molecular weight is 486 g/mol. The van der Waals surface area contributed by atoms with Crippen molar-refractivity contribution in [1.29, 1.82) is 0 Å². The summed E-state index contributed by atoms with van der Waals surface area (Å²) in [6, 6.07) is 14.5. The normalized spacial score (nSPS) is 16.0. The van der Waals surface area contributed by atoms with E-state index in [0.29, 0.717) is 17.0 Å². The van der Waals surface area contributed by atoms with Crippen LogP contribution in [0.15, 0.2) is 69.9 Å². The number of carbonyl (C=O) groups is 2. The van der Waals surface area contributed by atoms with Crippen molar-refractivity contribution in [3.05, 3.63) is 71.4 Å². The molecule has 9 heteroatoms. The number of benzene rings is 2. The highest BCUT2D eigenvalue weighted by Crippen LogP contribution is 2.38. The first kappa shape index (κ1) is 24.7. The number of aryl methyl sites for hydroxylation is 1. The van der Waals surface area contributed by atoms with Gasteiger partial charge in [-0.25, -0.2) is 9.78 Å². The number of aromatic carboxylic acids is 1. The van der Waals surface area contributed by atoms with E-state index in [1.165, 1.54) is 11.1 Å². The second-order valence-corrected chi connectivity index (χ2v) is 9.70. The summed E-state index contributed by atoms with van der Waals surface area (Å²) >= 11 is 0. The number of aromatic nitrogens is 1. The van der Waals surface area contributed by atoms with Crippen molar-refractivity contribution < 1.29 is 19.8 Å². The Morgan fingerprint density at radius 3 is 2.39 bits per heavy atom. The van der Waals surface area contributed by atoms with E-state index >= 15 is 0 Å². The zero-order valence-electron chi connectivity index (χ0n) is 20.7. The number of carboxylic acid groups (broad SMARTS) is 1. The van der Waals surface area contributed by atoms with Gasteiger partial charge >= 0.3 is 5.97 Å². The van der Waals surface area contributed by atoms with E-state index < -0.39 is 12.0 Å². The third-order valence-electron chi connectivity index (χ3n) is 5.83. The standard InChI is InChI=1S/C27H27N5O4/c1-15-13-19(20-7-6-8-21(28-20)26(35)36)24(33)22(14-15)29-30-23-16(2)31-32(25(23)34)18-11-9-17(10-12-18)27(3,4)5/h6-14,23,33H,1-5H3,(H,35,36). The van der Waals surface area contributed by atoms with Crippen LogP contribution in [0.3, 0.4) is 0 Å². The molecule has 2 N–H and O–H groups in total. The fourth-order valence-electron chi connectivity index (χ4n) is 3.83. The van der Waals surface area contributed by atoms with E-state index in [1.807, 2.05) is 24.3 Å². The Kier molecular flexibility index (Phi) is 6.41. The van der Waals surface area contributed by atoms with E-state index in [0.717, 1.165) is 11.1 Å². The lowest BCUT2D eigenvalue weighted by Gasteiger charge is -2.20. The molecular formula is C27H27N5O4. The molecule has 1 aromatic heterocycles. The van der Waals surface area contributed by atoms with Crippen LogP contribution in [0.25, 0.3) is 11.3 Å². The minimum atomic E-state index is -1.17. The number of anilines is 1. The van der Waals surface area contributed by atoms with Crippen molar-refractivity contribution in [3.8, 4) is 17.0 Å². The maximum Gasteiger partial charge on any atom is 0.354 e. The SMILES string of the molecule is CC1=NN(c2ccc(C(C)(C)C)cc2)C(=O)C1N=Nc1cc(C)cc(-c2cccc(C(=O)O)n2)c1O. The van der Waals surface area contributed by atoms with Crippen LogP contribution in [-0.2, 0) is 10.2 Å². The number of hydrazone groups is 1. The van der Waals surface area contributed by atoms with Crippen LogP contribution in [0.5, 0.6) is 5.75 Å². The lowest BCUT2D eigenvalue weighted by atomic mass is 9.87. The fraction of sp³-hybridized carbons (Fsp3) is 0.259. The van der Waals surface area contributed by atoms with Crippen LogP contribution >= 0.6 is 0 Å². The molecular weight excluding hydrogens is 458 g/mol. The molecule has 0 saturated heterocycles. The average Bonchev–Trinajstić information content (AvgIpc) is 3.12. The van der Waals surface area contributed by atoms with Gasteiger partial charge in [-0.1, -0.05) is 39.0 Å². The Balaban J connectivity index is 1.61. The largest absolute Gasteiger partial charge is 0.505 e. The van der Waals surface area contributed by atoms with Gasteiger partial charge in [-0.2, -0.15) is 20.3 Å². The molecule has 0 aliphatic carbocycles. The number of hydrogen-bond acceptors (Lipinski definition) is 7. The number of azo groups is 1. The first-order valence-corrected chi connectivity index (χ1v) is 11.4. The molecule has 1 atom stereocenters. The Morgan fingerprint density at radius 1 is 1.06 bits per heavy atom. The third-order valence-corrected chi connectivity index (χ3v) is 5.83. The van der Waals surface area contributed by atoms with E-state index in [-0.39, 0.29) is 34.1 Å². The number of carboxylic acids is 1. The molecule has 3 aromatic rings. The Labute approximate surface area is 208 Å². The highest BCUT2D eigenvalue weighted by atomic mass is 16.4. The minimum Gasteiger partial charge on any atom is -0.505 e. The number of phenols is 1. The summed E-state index contributed by atoms with van der Waals surface area (Å²) in [6.45, 7) is 9.86. The van der Waals surface area contributed by atoms with E-state index in [4.69, 9.17) is 0 Å². The lowest BCUT2D eigenvalue weighted by molar-refractivity contribution is -0.117. The van der Waals surface area contributed by atoms with Crippen molar-refractivity contribution in [2.75, 3.05) is 5.01 Å². The van der Waals surface area contributed by atoms with Crippen LogP contribution in [-0.4, -0.2) is 38.8 Å². The summed E-state index contributed by atoms with van der Waals surface area (Å²) in [5, 5.41) is 34.2. The molecule has 2 aromatic carbocycles. The number of nitrogens with zero attached hydrogens (tertiary/aromatic N) is 5. The second kappa shape index (κ2) is 9.33. The molecule has 2 heterocycles. The Bertz CT molecular complexity index is 1400. The maximum atomic E-state index is 13.1. The first-order valence-electron chi connectivity index (χ1n) is 11.4. The number of carbonyl (C=O) groups excluding carboxylic acids is 1. The molecule has 4 rings (SSSR count). The van der Waals surface area contributed by atoms with Gasteiger partial charge in [0.05, 0.1) is 17.1 Å². The van der Waals surface area contributed by atoms with Crippen LogP contribution in [0.2, 0.25) is 0 Å². The van der Waals surface area contributed by atoms with E-state index in [2.05, 4.69) is 41.1 Å². The molecule has 0 fully saturated rings. The molecule has 0 bridgehead atoms. The predicted molar refractivity (Wildman–Crippen MR) is 137 cm³/mol. The van der Waals surface area contributed by atoms with Gasteiger partial charge in [0, 0.05) is 5.56 Å². The van der Waals surface area contributed by atoms with Crippen molar-refractivity contribution in [2.24, 2.45) is 15.3 Å². The monoisotopic (exact) mass is 485 g/mol. The summed E-state index contributed by atoms with van der Waals surface area (Å²) in [6.07, 6.45) is 0. The van der Waals surface area contributed by atoms with Crippen LogP contribution in [0.1, 0.15) is 49.3 Å². The molecule has 1 unspecified atom stereocenters. The van der Waals surface area contributed by atoms with Crippen molar-refractivity contribution in [3.63, 3.8) is 0 Å². The van der Waals surface area contributed by atoms with Crippen molar-refractivity contribution in [1.82, 2.24) is 4.98 Å². The highest BCUT2D eigenvalue weighted by molar-refractivity contribution is 6.18. The number of pyridine rings is 1. The fourth-order valence-corrected chi connectivity index (χ4v) is 3.83. The summed E-state index contributed by atoms with van der Waals surface area (Å²) in [4.78, 5) is 28.5. The highest BCUT2D eigenvalue weighted by Gasteiger charge is 2.35. The summed E-state index contributed by atoms with van der Waals surface area (Å²) in [5.41, 5.74) is 3.59. The second-order valence-electron chi connectivity index (χ2n) is 9.70. The topological polar surface area (TPSA) is 128 Å². The zero-order chi connectivity index (χ0) is 26.2. The number of rotatable bonds is 5. The summed E-state index contributed by atoms with van der Waals surface area (Å²) in [7, 11) is 0. The number of phenolic OH excluding ortho intramolecular Hbond substituents is 1. The molecule has 1 aliphatic rings. The molecule has 0 saturated carbocycles. The smallest absolute Gasteiger partial charge is 0.354 e. The molecule has 184 valence electrons. The maximum absolute atomic E-state index is 13.1. The minimum absolute atomic E-state index is 0.0113.